The number of amides is 1. The number of sulfonamides is 1. The van der Waals surface area contributed by atoms with Gasteiger partial charge in [-0.3, -0.25) is 14.3 Å². The zero-order valence-electron chi connectivity index (χ0n) is 14.5. The van der Waals surface area contributed by atoms with Gasteiger partial charge in [-0.15, -0.1) is 0 Å². The molecule has 8 heteroatoms. The number of carbonyl (C=O) groups excluding carboxylic acids is 1. The summed E-state index contributed by atoms with van der Waals surface area (Å²) in [5.74, 6) is -1.35. The Balaban J connectivity index is 1.69. The Morgan fingerprint density at radius 1 is 1.00 bits per heavy atom. The van der Waals surface area contributed by atoms with Gasteiger partial charge in [0.1, 0.15) is 0 Å². The van der Waals surface area contributed by atoms with Gasteiger partial charge in [-0.25, -0.2) is 8.42 Å². The predicted molar refractivity (Wildman–Crippen MR) is 101 cm³/mol. The van der Waals surface area contributed by atoms with Crippen LogP contribution >= 0.6 is 0 Å². The van der Waals surface area contributed by atoms with Crippen molar-refractivity contribution >= 4 is 33.3 Å². The second-order valence-corrected chi connectivity index (χ2v) is 8.35. The van der Waals surface area contributed by atoms with Gasteiger partial charge in [0.2, 0.25) is 5.91 Å². The number of carboxylic acid groups (broad SMARTS) is 1. The quantitative estimate of drug-likeness (QED) is 0.675. The maximum Gasteiger partial charge on any atom is 0.310 e. The van der Waals surface area contributed by atoms with Crippen LogP contribution < -0.4 is 10.0 Å². The Morgan fingerprint density at radius 2 is 1.67 bits per heavy atom. The van der Waals surface area contributed by atoms with E-state index in [1.165, 1.54) is 18.2 Å². The second-order valence-electron chi connectivity index (χ2n) is 6.66. The maximum atomic E-state index is 12.4. The first-order chi connectivity index (χ1) is 12.8. The molecule has 142 valence electrons. The molecule has 7 nitrogen and oxygen atoms in total. The highest BCUT2D eigenvalue weighted by Gasteiger charge is 2.45. The highest BCUT2D eigenvalue weighted by molar-refractivity contribution is 7.92. The molecule has 2 aromatic rings. The molecular formula is C19H20N2O5S. The van der Waals surface area contributed by atoms with E-state index >= 15 is 0 Å². The lowest BCUT2D eigenvalue weighted by atomic mass is 9.66. The summed E-state index contributed by atoms with van der Waals surface area (Å²) in [6, 6.07) is 14.2. The summed E-state index contributed by atoms with van der Waals surface area (Å²) in [4.78, 5) is 23.7. The van der Waals surface area contributed by atoms with Crippen LogP contribution in [0.25, 0.3) is 0 Å². The van der Waals surface area contributed by atoms with Gasteiger partial charge in [-0.2, -0.15) is 0 Å². The number of aliphatic carboxylic acids is 1. The number of carbonyl (C=O) groups is 2. The number of benzene rings is 2. The van der Waals surface area contributed by atoms with Gasteiger partial charge in [0.25, 0.3) is 10.0 Å². The summed E-state index contributed by atoms with van der Waals surface area (Å²) < 4.78 is 27.2. The number of anilines is 2. The van der Waals surface area contributed by atoms with E-state index in [1.807, 2.05) is 0 Å². The van der Waals surface area contributed by atoms with Crippen molar-refractivity contribution in [3.05, 3.63) is 54.6 Å². The number of rotatable bonds is 7. The molecule has 1 aliphatic carbocycles. The summed E-state index contributed by atoms with van der Waals surface area (Å²) in [6.45, 7) is 0. The Bertz CT molecular complexity index is 953. The smallest absolute Gasteiger partial charge is 0.310 e. The van der Waals surface area contributed by atoms with Crippen LogP contribution in [0.3, 0.4) is 0 Å². The molecule has 0 heterocycles. The molecule has 0 radical (unpaired) electrons. The fourth-order valence-electron chi connectivity index (χ4n) is 3.06. The van der Waals surface area contributed by atoms with Crippen LogP contribution in [-0.2, 0) is 19.6 Å². The number of carboxylic acids is 1. The van der Waals surface area contributed by atoms with E-state index in [0.29, 0.717) is 24.2 Å². The highest BCUT2D eigenvalue weighted by atomic mass is 32.2. The minimum atomic E-state index is -3.73. The zero-order chi connectivity index (χ0) is 19.5. The molecule has 0 unspecified atom stereocenters. The standard InChI is InChI=1S/C19H20N2O5S/c22-17(13-19(18(23)24)10-5-11-19)20-14-6-4-7-15(12-14)21-27(25,26)16-8-2-1-3-9-16/h1-4,6-9,12,21H,5,10-11,13H2,(H,20,22)(H,23,24). The van der Waals surface area contributed by atoms with Gasteiger partial charge in [-0.1, -0.05) is 30.7 Å². The van der Waals surface area contributed by atoms with Crippen LogP contribution in [0.2, 0.25) is 0 Å². The van der Waals surface area contributed by atoms with E-state index in [4.69, 9.17) is 0 Å². The molecule has 3 rings (SSSR count). The van der Waals surface area contributed by atoms with Crippen molar-refractivity contribution < 1.29 is 23.1 Å². The van der Waals surface area contributed by atoms with Crippen molar-refractivity contribution in [2.75, 3.05) is 10.0 Å². The van der Waals surface area contributed by atoms with Crippen LogP contribution in [0.15, 0.2) is 59.5 Å². The first kappa shape index (κ1) is 18.9. The molecule has 0 atom stereocenters. The van der Waals surface area contributed by atoms with E-state index in [9.17, 15) is 23.1 Å². The van der Waals surface area contributed by atoms with E-state index in [1.54, 1.807) is 36.4 Å². The predicted octanol–water partition coefficient (Wildman–Crippen LogP) is 3.07. The first-order valence-electron chi connectivity index (χ1n) is 8.52. The lowest BCUT2D eigenvalue weighted by Crippen LogP contribution is -2.41. The SMILES string of the molecule is O=C(CC1(C(=O)O)CCC1)Nc1cccc(NS(=O)(=O)c2ccccc2)c1. The van der Waals surface area contributed by atoms with Gasteiger partial charge >= 0.3 is 5.97 Å². The van der Waals surface area contributed by atoms with Crippen LogP contribution in [0, 0.1) is 5.41 Å². The zero-order valence-corrected chi connectivity index (χ0v) is 15.3. The Labute approximate surface area is 157 Å². The average Bonchev–Trinajstić information content (AvgIpc) is 2.58. The summed E-state index contributed by atoms with van der Waals surface area (Å²) in [5.41, 5.74) is -0.280. The Hall–Kier alpha value is -2.87. The fraction of sp³-hybridized carbons (Fsp3) is 0.263. The molecule has 3 N–H and O–H groups in total. The number of hydrogen-bond donors (Lipinski definition) is 3. The molecule has 1 aliphatic rings. The molecule has 0 aliphatic heterocycles. The van der Waals surface area contributed by atoms with Crippen LogP contribution in [0.5, 0.6) is 0 Å². The van der Waals surface area contributed by atoms with Crippen molar-refractivity contribution in [2.24, 2.45) is 5.41 Å². The van der Waals surface area contributed by atoms with Gasteiger partial charge in [0.05, 0.1) is 16.0 Å². The van der Waals surface area contributed by atoms with E-state index < -0.39 is 27.3 Å². The molecule has 0 spiro atoms. The largest absolute Gasteiger partial charge is 0.481 e. The Morgan fingerprint density at radius 3 is 2.26 bits per heavy atom. The number of hydrogen-bond acceptors (Lipinski definition) is 4. The monoisotopic (exact) mass is 388 g/mol. The van der Waals surface area contributed by atoms with E-state index in [2.05, 4.69) is 10.0 Å². The summed E-state index contributed by atoms with van der Waals surface area (Å²) in [5, 5.41) is 12.0. The third-order valence-corrected chi connectivity index (χ3v) is 6.11. The molecule has 0 saturated heterocycles. The van der Waals surface area contributed by atoms with Crippen molar-refractivity contribution in [3.63, 3.8) is 0 Å². The lowest BCUT2D eigenvalue weighted by Gasteiger charge is -2.36. The lowest BCUT2D eigenvalue weighted by molar-refractivity contribution is -0.157. The van der Waals surface area contributed by atoms with Gasteiger partial charge in [-0.05, 0) is 43.2 Å². The highest BCUT2D eigenvalue weighted by Crippen LogP contribution is 2.44. The van der Waals surface area contributed by atoms with Crippen LogP contribution in [0.1, 0.15) is 25.7 Å². The van der Waals surface area contributed by atoms with Crippen molar-refractivity contribution in [1.29, 1.82) is 0 Å². The minimum Gasteiger partial charge on any atom is -0.481 e. The average molecular weight is 388 g/mol. The molecule has 0 aromatic heterocycles. The van der Waals surface area contributed by atoms with E-state index in [0.717, 1.165) is 6.42 Å². The topological polar surface area (TPSA) is 113 Å². The van der Waals surface area contributed by atoms with Crippen molar-refractivity contribution in [3.8, 4) is 0 Å². The minimum absolute atomic E-state index is 0.0949. The van der Waals surface area contributed by atoms with E-state index in [-0.39, 0.29) is 11.3 Å². The van der Waals surface area contributed by atoms with Crippen LogP contribution in [0.4, 0.5) is 11.4 Å². The first-order valence-corrected chi connectivity index (χ1v) is 10.0. The fourth-order valence-corrected chi connectivity index (χ4v) is 4.13. The summed E-state index contributed by atoms with van der Waals surface area (Å²) in [7, 11) is -3.73. The van der Waals surface area contributed by atoms with Gasteiger partial charge in [0, 0.05) is 12.1 Å². The second kappa shape index (κ2) is 7.40. The molecule has 0 bridgehead atoms. The third kappa shape index (κ3) is 4.28. The molecule has 1 fully saturated rings. The van der Waals surface area contributed by atoms with Crippen LogP contribution in [-0.4, -0.2) is 25.4 Å². The molecule has 2 aromatic carbocycles. The summed E-state index contributed by atoms with van der Waals surface area (Å²) in [6.07, 6.45) is 1.69. The molecule has 27 heavy (non-hydrogen) atoms. The number of nitrogens with one attached hydrogen (secondary N) is 2. The Kier molecular flexibility index (Phi) is 5.18. The van der Waals surface area contributed by atoms with Gasteiger partial charge in [0.15, 0.2) is 0 Å². The van der Waals surface area contributed by atoms with Gasteiger partial charge < -0.3 is 10.4 Å². The molecule has 1 saturated carbocycles. The molecular weight excluding hydrogens is 368 g/mol. The third-order valence-electron chi connectivity index (χ3n) is 4.72. The summed E-state index contributed by atoms with van der Waals surface area (Å²) >= 11 is 0. The van der Waals surface area contributed by atoms with Crippen molar-refractivity contribution in [1.82, 2.24) is 0 Å². The van der Waals surface area contributed by atoms with Crippen molar-refractivity contribution in [2.45, 2.75) is 30.6 Å². The maximum absolute atomic E-state index is 12.4. The molecule has 1 amide bonds. The normalized spacial score (nSPS) is 15.4.